The molecule has 86 valence electrons. The minimum atomic E-state index is -1.17. The summed E-state index contributed by atoms with van der Waals surface area (Å²) in [6.07, 6.45) is 0. The average molecular weight is 263 g/mol. The molecule has 4 nitrogen and oxygen atoms in total. The quantitative estimate of drug-likeness (QED) is 0.851. The van der Waals surface area contributed by atoms with E-state index in [0.29, 0.717) is 0 Å². The van der Waals surface area contributed by atoms with Gasteiger partial charge < -0.3 is 9.84 Å². The highest BCUT2D eigenvalue weighted by Gasteiger charge is 2.18. The number of hydrogen-bond donors (Lipinski definition) is 1. The normalized spacial score (nSPS) is 9.94. The van der Waals surface area contributed by atoms with Crippen LogP contribution in [-0.2, 0) is 4.74 Å². The Kier molecular flexibility index (Phi) is 4.15. The zero-order valence-corrected chi connectivity index (χ0v) is 9.80. The van der Waals surface area contributed by atoms with Gasteiger partial charge in [-0.1, -0.05) is 23.2 Å². The van der Waals surface area contributed by atoms with Crippen LogP contribution in [0.1, 0.15) is 27.6 Å². The standard InChI is InChI=1S/C10H8Cl2O4/c1-2-16-10(15)8-6(11)3-5(9(13)14)4-7(8)12/h3-4H,2H2,1H3,(H,13,14). The summed E-state index contributed by atoms with van der Waals surface area (Å²) in [6, 6.07) is 2.31. The third-order valence-corrected chi connectivity index (χ3v) is 2.36. The molecule has 0 aliphatic rings. The van der Waals surface area contributed by atoms with Crippen LogP contribution in [0.4, 0.5) is 0 Å². The monoisotopic (exact) mass is 262 g/mol. The van der Waals surface area contributed by atoms with Gasteiger partial charge in [-0.2, -0.15) is 0 Å². The second-order valence-corrected chi connectivity index (χ2v) is 3.65. The maximum absolute atomic E-state index is 11.4. The van der Waals surface area contributed by atoms with Crippen molar-refractivity contribution in [2.45, 2.75) is 6.92 Å². The maximum atomic E-state index is 11.4. The van der Waals surface area contributed by atoms with Crippen molar-refractivity contribution in [1.82, 2.24) is 0 Å². The van der Waals surface area contributed by atoms with Crippen molar-refractivity contribution in [2.75, 3.05) is 6.61 Å². The van der Waals surface area contributed by atoms with Gasteiger partial charge >= 0.3 is 11.9 Å². The molecule has 0 radical (unpaired) electrons. The van der Waals surface area contributed by atoms with Crippen molar-refractivity contribution < 1.29 is 19.4 Å². The topological polar surface area (TPSA) is 63.6 Å². The van der Waals surface area contributed by atoms with E-state index in [1.54, 1.807) is 6.92 Å². The lowest BCUT2D eigenvalue weighted by molar-refractivity contribution is 0.0525. The SMILES string of the molecule is CCOC(=O)c1c(Cl)cc(C(=O)O)cc1Cl. The number of rotatable bonds is 3. The van der Waals surface area contributed by atoms with Gasteiger partial charge in [0.05, 0.1) is 27.8 Å². The molecule has 1 aromatic rings. The van der Waals surface area contributed by atoms with Gasteiger partial charge in [0, 0.05) is 0 Å². The molecule has 1 rings (SSSR count). The van der Waals surface area contributed by atoms with Crippen molar-refractivity contribution >= 4 is 35.1 Å². The minimum Gasteiger partial charge on any atom is -0.478 e. The number of aromatic carboxylic acids is 1. The number of benzene rings is 1. The summed E-state index contributed by atoms with van der Waals surface area (Å²) < 4.78 is 4.73. The third-order valence-electron chi connectivity index (χ3n) is 1.77. The summed E-state index contributed by atoms with van der Waals surface area (Å²) in [5.74, 6) is -1.84. The maximum Gasteiger partial charge on any atom is 0.341 e. The average Bonchev–Trinajstić information content (AvgIpc) is 2.16. The first-order valence-electron chi connectivity index (χ1n) is 4.36. The van der Waals surface area contributed by atoms with Crippen molar-refractivity contribution in [3.8, 4) is 0 Å². The Labute approximate surface area is 102 Å². The molecule has 0 amide bonds. The molecular weight excluding hydrogens is 255 g/mol. The van der Waals surface area contributed by atoms with E-state index in [2.05, 4.69) is 0 Å². The minimum absolute atomic E-state index is 0.0183. The molecule has 0 spiro atoms. The van der Waals surface area contributed by atoms with Crippen LogP contribution in [0.5, 0.6) is 0 Å². The fourth-order valence-electron chi connectivity index (χ4n) is 1.09. The van der Waals surface area contributed by atoms with Gasteiger partial charge in [0.1, 0.15) is 0 Å². The first-order chi connectivity index (χ1) is 7.47. The van der Waals surface area contributed by atoms with E-state index in [1.807, 2.05) is 0 Å². The Morgan fingerprint density at radius 2 is 1.81 bits per heavy atom. The summed E-state index contributed by atoms with van der Waals surface area (Å²) in [5, 5.41) is 8.66. The highest BCUT2D eigenvalue weighted by Crippen LogP contribution is 2.27. The lowest BCUT2D eigenvalue weighted by Gasteiger charge is -2.07. The van der Waals surface area contributed by atoms with E-state index in [4.69, 9.17) is 33.0 Å². The van der Waals surface area contributed by atoms with Crippen LogP contribution >= 0.6 is 23.2 Å². The molecule has 0 aliphatic heterocycles. The van der Waals surface area contributed by atoms with E-state index < -0.39 is 11.9 Å². The van der Waals surface area contributed by atoms with Gasteiger partial charge in [-0.15, -0.1) is 0 Å². The molecule has 6 heteroatoms. The van der Waals surface area contributed by atoms with Gasteiger partial charge in [0.25, 0.3) is 0 Å². The van der Waals surface area contributed by atoms with Crippen LogP contribution in [0.3, 0.4) is 0 Å². The highest BCUT2D eigenvalue weighted by atomic mass is 35.5. The highest BCUT2D eigenvalue weighted by molar-refractivity contribution is 6.39. The van der Waals surface area contributed by atoms with Crippen molar-refractivity contribution in [2.24, 2.45) is 0 Å². The van der Waals surface area contributed by atoms with Crippen molar-refractivity contribution in [3.63, 3.8) is 0 Å². The number of hydrogen-bond acceptors (Lipinski definition) is 3. The van der Waals surface area contributed by atoms with Gasteiger partial charge in [0.2, 0.25) is 0 Å². The second kappa shape index (κ2) is 5.18. The molecule has 0 fully saturated rings. The lowest BCUT2D eigenvalue weighted by Crippen LogP contribution is -2.08. The summed E-state index contributed by atoms with van der Waals surface area (Å²) in [6.45, 7) is 1.83. The van der Waals surface area contributed by atoms with Crippen molar-refractivity contribution in [1.29, 1.82) is 0 Å². The van der Waals surface area contributed by atoms with Gasteiger partial charge in [-0.25, -0.2) is 9.59 Å². The fraction of sp³-hybridized carbons (Fsp3) is 0.200. The smallest absolute Gasteiger partial charge is 0.341 e. The molecule has 16 heavy (non-hydrogen) atoms. The van der Waals surface area contributed by atoms with E-state index in [1.165, 1.54) is 0 Å². The predicted molar refractivity (Wildman–Crippen MR) is 59.4 cm³/mol. The zero-order chi connectivity index (χ0) is 12.3. The molecule has 0 aromatic heterocycles. The summed E-state index contributed by atoms with van der Waals surface area (Å²) in [5.41, 5.74) is -0.0989. The number of ether oxygens (including phenoxy) is 1. The van der Waals surface area contributed by atoms with Crippen LogP contribution in [-0.4, -0.2) is 23.7 Å². The summed E-state index contributed by atoms with van der Waals surface area (Å²) in [4.78, 5) is 22.1. The predicted octanol–water partition coefficient (Wildman–Crippen LogP) is 2.87. The summed E-state index contributed by atoms with van der Waals surface area (Å²) in [7, 11) is 0. The van der Waals surface area contributed by atoms with E-state index in [-0.39, 0.29) is 27.8 Å². The van der Waals surface area contributed by atoms with E-state index in [9.17, 15) is 9.59 Å². The van der Waals surface area contributed by atoms with Crippen LogP contribution in [0.2, 0.25) is 10.0 Å². The van der Waals surface area contributed by atoms with Gasteiger partial charge in [-0.05, 0) is 19.1 Å². The number of halogens is 2. The number of esters is 1. The van der Waals surface area contributed by atoms with E-state index >= 15 is 0 Å². The fourth-order valence-corrected chi connectivity index (χ4v) is 1.74. The summed E-state index contributed by atoms with van der Waals surface area (Å²) >= 11 is 11.5. The number of carboxylic acids is 1. The molecule has 0 aliphatic carbocycles. The molecule has 0 saturated heterocycles. The second-order valence-electron chi connectivity index (χ2n) is 2.84. The Morgan fingerprint density at radius 1 is 1.31 bits per heavy atom. The number of carbonyl (C=O) groups excluding carboxylic acids is 1. The Morgan fingerprint density at radius 3 is 2.19 bits per heavy atom. The Hall–Kier alpha value is -1.26. The molecule has 0 bridgehead atoms. The number of carboxylic acid groups (broad SMARTS) is 1. The van der Waals surface area contributed by atoms with Crippen LogP contribution in [0, 0.1) is 0 Å². The van der Waals surface area contributed by atoms with Crippen LogP contribution in [0.25, 0.3) is 0 Å². The van der Waals surface area contributed by atoms with Gasteiger partial charge in [-0.3, -0.25) is 0 Å². The molecule has 0 saturated carbocycles. The molecule has 1 N–H and O–H groups in total. The molecule has 1 aromatic carbocycles. The number of carbonyl (C=O) groups is 2. The van der Waals surface area contributed by atoms with Crippen LogP contribution < -0.4 is 0 Å². The third kappa shape index (κ3) is 2.65. The van der Waals surface area contributed by atoms with Gasteiger partial charge in [0.15, 0.2) is 0 Å². The zero-order valence-electron chi connectivity index (χ0n) is 8.29. The van der Waals surface area contributed by atoms with Crippen LogP contribution in [0.15, 0.2) is 12.1 Å². The molecule has 0 unspecified atom stereocenters. The first kappa shape index (κ1) is 12.8. The van der Waals surface area contributed by atoms with Crippen molar-refractivity contribution in [3.05, 3.63) is 33.3 Å². The largest absolute Gasteiger partial charge is 0.478 e. The van der Waals surface area contributed by atoms with E-state index in [0.717, 1.165) is 12.1 Å². The Bertz CT molecular complexity index is 419. The Balaban J connectivity index is 3.22. The molecule has 0 heterocycles. The first-order valence-corrected chi connectivity index (χ1v) is 5.12. The molecule has 0 atom stereocenters. The molecular formula is C10H8Cl2O4. The lowest BCUT2D eigenvalue weighted by atomic mass is 10.1.